The maximum absolute atomic E-state index is 13.3. The number of aromatic nitrogens is 4. The first-order chi connectivity index (χ1) is 19.8. The molecule has 1 N–H and O–H groups in total. The number of benzene rings is 2. The molecule has 0 unspecified atom stereocenters. The van der Waals surface area contributed by atoms with Crippen molar-refractivity contribution in [1.82, 2.24) is 29.5 Å². The largest absolute Gasteiger partial charge is 0.438 e. The van der Waals surface area contributed by atoms with Crippen LogP contribution >= 0.6 is 11.3 Å². The van der Waals surface area contributed by atoms with Crippen LogP contribution in [-0.4, -0.2) is 68.7 Å². The Labute approximate surface area is 243 Å². The second-order valence-corrected chi connectivity index (χ2v) is 11.4. The predicted octanol–water partition coefficient (Wildman–Crippen LogP) is 5.50. The Kier molecular flexibility index (Phi) is 7.53. The number of likely N-dealkylation sites (N-methyl/N-ethyl adjacent to an activating group) is 1. The Balaban J connectivity index is 1.21. The second-order valence-electron chi connectivity index (χ2n) is 10.6. The standard InChI is InChI=1S/C31H33N7O2S/c1-20-5-6-22(30(39)33-25-8-7-23(21(2)15-25)18-38-12-10-36(3)11-13-38)16-27(20)40-31-26-17-32-37(4)29(26)34-28(35-31)24-9-14-41-19-24/h5-9,14-17,19H,10-13,18H2,1-4H3,(H,33,39). The Morgan fingerprint density at radius 1 is 1.00 bits per heavy atom. The summed E-state index contributed by atoms with van der Waals surface area (Å²) in [6.07, 6.45) is 1.70. The average molecular weight is 568 g/mol. The molecule has 1 fully saturated rings. The zero-order valence-corrected chi connectivity index (χ0v) is 24.5. The fourth-order valence-electron chi connectivity index (χ4n) is 4.95. The van der Waals surface area contributed by atoms with Gasteiger partial charge in [0.15, 0.2) is 11.5 Å². The van der Waals surface area contributed by atoms with Crippen LogP contribution in [-0.2, 0) is 13.6 Å². The minimum atomic E-state index is -0.200. The van der Waals surface area contributed by atoms with Gasteiger partial charge in [0.2, 0.25) is 5.88 Å². The maximum atomic E-state index is 13.3. The van der Waals surface area contributed by atoms with Crippen molar-refractivity contribution >= 4 is 34.0 Å². The van der Waals surface area contributed by atoms with E-state index in [-0.39, 0.29) is 5.91 Å². The third-order valence-electron chi connectivity index (χ3n) is 7.58. The number of carbonyl (C=O) groups excluding carboxylic acids is 1. The summed E-state index contributed by atoms with van der Waals surface area (Å²) in [4.78, 5) is 27.5. The van der Waals surface area contributed by atoms with Crippen molar-refractivity contribution in [1.29, 1.82) is 0 Å². The lowest BCUT2D eigenvalue weighted by Crippen LogP contribution is -2.43. The summed E-state index contributed by atoms with van der Waals surface area (Å²) < 4.78 is 8.04. The highest BCUT2D eigenvalue weighted by molar-refractivity contribution is 7.08. The normalized spacial score (nSPS) is 14.4. The van der Waals surface area contributed by atoms with Crippen LogP contribution in [0.5, 0.6) is 11.6 Å². The zero-order valence-electron chi connectivity index (χ0n) is 23.7. The molecule has 1 saturated heterocycles. The number of hydrogen-bond donors (Lipinski definition) is 1. The average Bonchev–Trinajstić information content (AvgIpc) is 3.63. The molecule has 10 heteroatoms. The van der Waals surface area contributed by atoms with Gasteiger partial charge in [-0.3, -0.25) is 14.4 Å². The Hall–Kier alpha value is -4.12. The van der Waals surface area contributed by atoms with E-state index in [2.05, 4.69) is 40.3 Å². The van der Waals surface area contributed by atoms with Crippen molar-refractivity contribution in [2.45, 2.75) is 20.4 Å². The number of ether oxygens (including phenoxy) is 1. The van der Waals surface area contributed by atoms with Gasteiger partial charge in [-0.25, -0.2) is 4.98 Å². The number of amides is 1. The number of hydrogen-bond acceptors (Lipinski definition) is 8. The molecule has 0 bridgehead atoms. The van der Waals surface area contributed by atoms with Gasteiger partial charge in [-0.1, -0.05) is 12.1 Å². The van der Waals surface area contributed by atoms with Gasteiger partial charge in [-0.05, 0) is 73.3 Å². The second kappa shape index (κ2) is 11.4. The molecular formula is C31H33N7O2S. The lowest BCUT2D eigenvalue weighted by atomic mass is 10.1. The van der Waals surface area contributed by atoms with Crippen LogP contribution in [0.3, 0.4) is 0 Å². The molecular weight excluding hydrogens is 534 g/mol. The highest BCUT2D eigenvalue weighted by atomic mass is 32.1. The molecule has 6 rings (SSSR count). The van der Waals surface area contributed by atoms with Crippen LogP contribution in [0.1, 0.15) is 27.0 Å². The van der Waals surface area contributed by atoms with E-state index < -0.39 is 0 Å². The Morgan fingerprint density at radius 2 is 1.83 bits per heavy atom. The lowest BCUT2D eigenvalue weighted by Gasteiger charge is -2.32. The number of nitrogens with zero attached hydrogens (tertiary/aromatic N) is 6. The van der Waals surface area contributed by atoms with Gasteiger partial charge in [0, 0.05) is 62.0 Å². The molecule has 210 valence electrons. The van der Waals surface area contributed by atoms with Crippen molar-refractivity contribution in [3.63, 3.8) is 0 Å². The van der Waals surface area contributed by atoms with E-state index in [4.69, 9.17) is 14.7 Å². The van der Waals surface area contributed by atoms with Crippen LogP contribution in [0, 0.1) is 13.8 Å². The molecule has 5 aromatic rings. The van der Waals surface area contributed by atoms with Gasteiger partial charge in [-0.2, -0.15) is 21.4 Å². The summed E-state index contributed by atoms with van der Waals surface area (Å²) in [6.45, 7) is 9.30. The van der Waals surface area contributed by atoms with Crippen LogP contribution in [0.15, 0.2) is 59.4 Å². The third-order valence-corrected chi connectivity index (χ3v) is 8.27. The third kappa shape index (κ3) is 5.85. The van der Waals surface area contributed by atoms with Crippen LogP contribution in [0.4, 0.5) is 5.69 Å². The smallest absolute Gasteiger partial charge is 0.255 e. The van der Waals surface area contributed by atoms with Gasteiger partial charge in [0.25, 0.3) is 5.91 Å². The molecule has 0 aliphatic carbocycles. The molecule has 0 saturated carbocycles. The molecule has 0 radical (unpaired) electrons. The minimum Gasteiger partial charge on any atom is -0.438 e. The van der Waals surface area contributed by atoms with Gasteiger partial charge < -0.3 is 15.0 Å². The van der Waals surface area contributed by atoms with E-state index in [1.807, 2.05) is 55.1 Å². The van der Waals surface area contributed by atoms with Crippen molar-refractivity contribution in [2.75, 3.05) is 38.5 Å². The highest BCUT2D eigenvalue weighted by Gasteiger charge is 2.18. The van der Waals surface area contributed by atoms with Gasteiger partial charge in [-0.15, -0.1) is 0 Å². The van der Waals surface area contributed by atoms with Crippen molar-refractivity contribution < 1.29 is 9.53 Å². The molecule has 2 aromatic carbocycles. The summed E-state index contributed by atoms with van der Waals surface area (Å²) in [5.41, 5.74) is 6.20. The summed E-state index contributed by atoms with van der Waals surface area (Å²) in [6, 6.07) is 13.6. The quantitative estimate of drug-likeness (QED) is 0.278. The molecule has 0 spiro atoms. The molecule has 4 heterocycles. The SMILES string of the molecule is Cc1cc(NC(=O)c2ccc(C)c(Oc3nc(-c4ccsc4)nc4c3cnn4C)c2)ccc1CN1CCN(C)CC1. The number of piperazine rings is 1. The minimum absolute atomic E-state index is 0.200. The molecule has 41 heavy (non-hydrogen) atoms. The van der Waals surface area contributed by atoms with E-state index in [0.29, 0.717) is 34.1 Å². The van der Waals surface area contributed by atoms with E-state index >= 15 is 0 Å². The van der Waals surface area contributed by atoms with Gasteiger partial charge in [0.1, 0.15) is 11.1 Å². The Morgan fingerprint density at radius 3 is 2.59 bits per heavy atom. The summed E-state index contributed by atoms with van der Waals surface area (Å²) in [5.74, 6) is 1.32. The Bertz CT molecular complexity index is 1710. The molecule has 1 aliphatic heterocycles. The number of aryl methyl sites for hydroxylation is 3. The molecule has 0 atom stereocenters. The highest BCUT2D eigenvalue weighted by Crippen LogP contribution is 2.32. The molecule has 1 amide bonds. The topological polar surface area (TPSA) is 88.4 Å². The first kappa shape index (κ1) is 27.1. The van der Waals surface area contributed by atoms with Crippen LogP contribution < -0.4 is 10.1 Å². The van der Waals surface area contributed by atoms with E-state index in [0.717, 1.165) is 49.5 Å². The summed E-state index contributed by atoms with van der Waals surface area (Å²) >= 11 is 1.58. The van der Waals surface area contributed by atoms with E-state index in [1.165, 1.54) is 11.1 Å². The first-order valence-electron chi connectivity index (χ1n) is 13.7. The monoisotopic (exact) mass is 567 g/mol. The zero-order chi connectivity index (χ0) is 28.5. The fraction of sp³-hybridized carbons (Fsp3) is 0.290. The summed E-state index contributed by atoms with van der Waals surface area (Å²) in [5, 5.41) is 12.1. The molecule has 1 aliphatic rings. The van der Waals surface area contributed by atoms with Gasteiger partial charge >= 0.3 is 0 Å². The lowest BCUT2D eigenvalue weighted by molar-refractivity contribution is 0.102. The number of thiophene rings is 1. The van der Waals surface area contributed by atoms with Crippen molar-refractivity contribution in [2.24, 2.45) is 7.05 Å². The van der Waals surface area contributed by atoms with E-state index in [9.17, 15) is 4.79 Å². The van der Waals surface area contributed by atoms with Crippen LogP contribution in [0.25, 0.3) is 22.4 Å². The van der Waals surface area contributed by atoms with E-state index in [1.54, 1.807) is 28.3 Å². The molecule has 9 nitrogen and oxygen atoms in total. The van der Waals surface area contributed by atoms with Crippen molar-refractivity contribution in [3.05, 3.63) is 81.7 Å². The predicted molar refractivity (Wildman–Crippen MR) is 163 cm³/mol. The first-order valence-corrected chi connectivity index (χ1v) is 14.6. The number of fused-ring (bicyclic) bond motifs is 1. The summed E-state index contributed by atoms with van der Waals surface area (Å²) in [7, 11) is 4.01. The van der Waals surface area contributed by atoms with Gasteiger partial charge in [0.05, 0.1) is 6.20 Å². The number of anilines is 1. The number of rotatable bonds is 7. The molecule has 3 aromatic heterocycles. The fourth-order valence-corrected chi connectivity index (χ4v) is 5.59. The number of carbonyl (C=O) groups is 1. The van der Waals surface area contributed by atoms with Crippen molar-refractivity contribution in [3.8, 4) is 23.0 Å². The maximum Gasteiger partial charge on any atom is 0.255 e. The van der Waals surface area contributed by atoms with Crippen LogP contribution in [0.2, 0.25) is 0 Å². The number of nitrogens with one attached hydrogen (secondary N) is 1.